The van der Waals surface area contributed by atoms with Crippen molar-refractivity contribution in [2.45, 2.75) is 39.3 Å². The molecule has 16 heavy (non-hydrogen) atoms. The molecule has 1 rings (SSSR count). The van der Waals surface area contributed by atoms with Crippen LogP contribution in [0.5, 0.6) is 0 Å². The van der Waals surface area contributed by atoms with Gasteiger partial charge in [0.1, 0.15) is 0 Å². The van der Waals surface area contributed by atoms with Crippen LogP contribution < -0.4 is 0 Å². The smallest absolute Gasteiger partial charge is 0.195 e. The summed E-state index contributed by atoms with van der Waals surface area (Å²) in [6.45, 7) is 6.37. The first-order chi connectivity index (χ1) is 7.32. The van der Waals surface area contributed by atoms with Crippen LogP contribution in [-0.4, -0.2) is 48.6 Å². The fourth-order valence-electron chi connectivity index (χ4n) is 1.92. The lowest BCUT2D eigenvalue weighted by Gasteiger charge is -2.30. The summed E-state index contributed by atoms with van der Waals surface area (Å²) < 4.78 is 27.5. The minimum Gasteiger partial charge on any atom is -0.195 e. The molecule has 1 heterocycles. The van der Waals surface area contributed by atoms with Crippen molar-refractivity contribution < 1.29 is 8.42 Å². The van der Waals surface area contributed by atoms with Gasteiger partial charge in [-0.05, 0) is 26.2 Å². The normalized spacial score (nSPS) is 28.2. The molecule has 2 unspecified atom stereocenters. The summed E-state index contributed by atoms with van der Waals surface area (Å²) in [5.74, 6) is 0.708. The number of hydrogen-bond donors (Lipinski definition) is 0. The summed E-state index contributed by atoms with van der Waals surface area (Å²) in [6.07, 6.45) is 0.891. The van der Waals surface area contributed by atoms with E-state index in [0.717, 1.165) is 6.42 Å². The fraction of sp³-hybridized carbons (Fsp3) is 1.00. The Morgan fingerprint density at radius 3 is 2.50 bits per heavy atom. The molecule has 1 aliphatic heterocycles. The summed E-state index contributed by atoms with van der Waals surface area (Å²) in [6, 6.07) is -0.0928. The summed E-state index contributed by atoms with van der Waals surface area (Å²) in [4.78, 5) is 0. The standard InChI is InChI=1S/C10H21ClN2O2S/c1-8(2)12(4)16(14,15)13-6-5-9(3)10(13)7-11/h8-10H,5-7H2,1-4H3. The number of halogens is 1. The van der Waals surface area contributed by atoms with Crippen molar-refractivity contribution in [3.05, 3.63) is 0 Å². The molecule has 0 aromatic rings. The average molecular weight is 269 g/mol. The molecule has 4 nitrogen and oxygen atoms in total. The average Bonchev–Trinajstić information content (AvgIpc) is 2.58. The topological polar surface area (TPSA) is 40.6 Å². The maximum absolute atomic E-state index is 12.3. The molecule has 6 heteroatoms. The predicted octanol–water partition coefficient (Wildman–Crippen LogP) is 1.52. The van der Waals surface area contributed by atoms with Crippen LogP contribution in [0.1, 0.15) is 27.2 Å². The second-order valence-corrected chi connectivity index (χ2v) is 6.97. The highest BCUT2D eigenvalue weighted by molar-refractivity contribution is 7.86. The van der Waals surface area contributed by atoms with Gasteiger partial charge in [-0.15, -0.1) is 11.6 Å². The van der Waals surface area contributed by atoms with E-state index in [9.17, 15) is 8.42 Å². The second-order valence-electron chi connectivity index (χ2n) is 4.72. The Hall–Kier alpha value is 0.160. The van der Waals surface area contributed by atoms with Crippen LogP contribution in [0, 0.1) is 5.92 Å². The van der Waals surface area contributed by atoms with Crippen molar-refractivity contribution >= 4 is 21.8 Å². The second kappa shape index (κ2) is 5.21. The van der Waals surface area contributed by atoms with Gasteiger partial charge in [-0.3, -0.25) is 0 Å². The molecule has 0 spiro atoms. The van der Waals surface area contributed by atoms with Crippen LogP contribution in [-0.2, 0) is 10.2 Å². The Morgan fingerprint density at radius 1 is 1.50 bits per heavy atom. The van der Waals surface area contributed by atoms with Crippen molar-refractivity contribution in [1.29, 1.82) is 0 Å². The Morgan fingerprint density at radius 2 is 2.06 bits per heavy atom. The highest BCUT2D eigenvalue weighted by atomic mass is 35.5. The van der Waals surface area contributed by atoms with E-state index < -0.39 is 10.2 Å². The first kappa shape index (κ1) is 14.2. The zero-order valence-corrected chi connectivity index (χ0v) is 11.9. The SMILES string of the molecule is CC1CCN(S(=O)(=O)N(C)C(C)C)C1CCl. The Kier molecular flexibility index (Phi) is 4.63. The summed E-state index contributed by atoms with van der Waals surface area (Å²) in [5.41, 5.74) is 0. The van der Waals surface area contributed by atoms with Gasteiger partial charge < -0.3 is 0 Å². The Bertz CT molecular complexity index is 332. The highest BCUT2D eigenvalue weighted by Gasteiger charge is 2.40. The first-order valence-electron chi connectivity index (χ1n) is 5.63. The van der Waals surface area contributed by atoms with Gasteiger partial charge in [0.15, 0.2) is 0 Å². The lowest BCUT2D eigenvalue weighted by Crippen LogP contribution is -2.48. The van der Waals surface area contributed by atoms with Crippen molar-refractivity contribution in [3.8, 4) is 0 Å². The van der Waals surface area contributed by atoms with Crippen LogP contribution >= 0.6 is 11.6 Å². The van der Waals surface area contributed by atoms with E-state index in [1.54, 1.807) is 11.4 Å². The van der Waals surface area contributed by atoms with Gasteiger partial charge in [0.05, 0.1) is 0 Å². The van der Waals surface area contributed by atoms with Crippen molar-refractivity contribution in [2.75, 3.05) is 19.5 Å². The van der Waals surface area contributed by atoms with E-state index >= 15 is 0 Å². The molecule has 0 aliphatic carbocycles. The minimum absolute atomic E-state index is 0.0307. The molecule has 1 fully saturated rings. The maximum Gasteiger partial charge on any atom is 0.282 e. The molecule has 0 aromatic carbocycles. The zero-order chi connectivity index (χ0) is 12.5. The van der Waals surface area contributed by atoms with Crippen LogP contribution in [0.2, 0.25) is 0 Å². The quantitative estimate of drug-likeness (QED) is 0.726. The Labute approximate surface area is 104 Å². The van der Waals surface area contributed by atoms with Crippen LogP contribution in [0.3, 0.4) is 0 Å². The van der Waals surface area contributed by atoms with Gasteiger partial charge in [-0.2, -0.15) is 17.0 Å². The van der Waals surface area contributed by atoms with Gasteiger partial charge in [0, 0.05) is 31.6 Å². The number of hydrogen-bond acceptors (Lipinski definition) is 2. The van der Waals surface area contributed by atoms with Crippen molar-refractivity contribution in [1.82, 2.24) is 8.61 Å². The molecule has 0 amide bonds. The van der Waals surface area contributed by atoms with E-state index in [-0.39, 0.29) is 12.1 Å². The highest BCUT2D eigenvalue weighted by Crippen LogP contribution is 2.29. The predicted molar refractivity (Wildman–Crippen MR) is 66.8 cm³/mol. The largest absolute Gasteiger partial charge is 0.282 e. The fourth-order valence-corrected chi connectivity index (χ4v) is 4.30. The lowest BCUT2D eigenvalue weighted by atomic mass is 10.1. The van der Waals surface area contributed by atoms with Crippen LogP contribution in [0.4, 0.5) is 0 Å². The number of rotatable bonds is 4. The van der Waals surface area contributed by atoms with Crippen molar-refractivity contribution in [3.63, 3.8) is 0 Å². The number of nitrogens with zero attached hydrogens (tertiary/aromatic N) is 2. The Balaban J connectivity index is 2.92. The maximum atomic E-state index is 12.3. The monoisotopic (exact) mass is 268 g/mol. The molecular formula is C10H21ClN2O2S. The van der Waals surface area contributed by atoms with Crippen LogP contribution in [0.25, 0.3) is 0 Å². The molecule has 0 aromatic heterocycles. The molecule has 0 bridgehead atoms. The lowest BCUT2D eigenvalue weighted by molar-refractivity contribution is 0.318. The van der Waals surface area contributed by atoms with E-state index in [1.165, 1.54) is 4.31 Å². The third-order valence-electron chi connectivity index (χ3n) is 3.38. The van der Waals surface area contributed by atoms with Gasteiger partial charge in [0.2, 0.25) is 0 Å². The molecule has 0 saturated carbocycles. The minimum atomic E-state index is -3.35. The van der Waals surface area contributed by atoms with Gasteiger partial charge >= 0.3 is 0 Å². The molecule has 96 valence electrons. The molecule has 0 N–H and O–H groups in total. The summed E-state index contributed by atoms with van der Waals surface area (Å²) >= 11 is 5.86. The summed E-state index contributed by atoms with van der Waals surface area (Å²) in [5, 5.41) is 0. The van der Waals surface area contributed by atoms with Gasteiger partial charge in [-0.25, -0.2) is 0 Å². The van der Waals surface area contributed by atoms with Gasteiger partial charge in [0.25, 0.3) is 10.2 Å². The van der Waals surface area contributed by atoms with E-state index in [0.29, 0.717) is 18.3 Å². The summed E-state index contributed by atoms with van der Waals surface area (Å²) in [7, 11) is -1.73. The number of alkyl halides is 1. The van der Waals surface area contributed by atoms with Crippen LogP contribution in [0.15, 0.2) is 0 Å². The molecule has 2 atom stereocenters. The molecule has 1 saturated heterocycles. The molecule has 0 radical (unpaired) electrons. The first-order valence-corrected chi connectivity index (χ1v) is 7.56. The van der Waals surface area contributed by atoms with E-state index in [1.807, 2.05) is 13.8 Å². The van der Waals surface area contributed by atoms with Gasteiger partial charge in [-0.1, -0.05) is 6.92 Å². The third-order valence-corrected chi connectivity index (χ3v) is 5.89. The van der Waals surface area contributed by atoms with Crippen molar-refractivity contribution in [2.24, 2.45) is 5.92 Å². The molecule has 1 aliphatic rings. The molecular weight excluding hydrogens is 248 g/mol. The zero-order valence-electron chi connectivity index (χ0n) is 10.4. The van der Waals surface area contributed by atoms with E-state index in [4.69, 9.17) is 11.6 Å². The third kappa shape index (κ3) is 2.53. The van der Waals surface area contributed by atoms with E-state index in [2.05, 4.69) is 6.92 Å².